The molecule has 0 spiro atoms. The second-order valence-corrected chi connectivity index (χ2v) is 6.06. The van der Waals surface area contributed by atoms with Crippen molar-refractivity contribution in [3.63, 3.8) is 0 Å². The number of fused-ring (bicyclic) bond motifs is 1. The molecule has 0 bridgehead atoms. The van der Waals surface area contributed by atoms with Crippen molar-refractivity contribution < 1.29 is 4.79 Å². The fourth-order valence-corrected chi connectivity index (χ4v) is 3.13. The predicted octanol–water partition coefficient (Wildman–Crippen LogP) is 3.04. The number of carbonyl (C=O) groups excluding carboxylic acids is 1. The van der Waals surface area contributed by atoms with Crippen LogP contribution in [0.3, 0.4) is 0 Å². The Kier molecular flexibility index (Phi) is 4.23. The highest BCUT2D eigenvalue weighted by molar-refractivity contribution is 5.79. The molecule has 2 aromatic rings. The highest BCUT2D eigenvalue weighted by Gasteiger charge is 2.21. The van der Waals surface area contributed by atoms with Crippen LogP contribution < -0.4 is 5.32 Å². The summed E-state index contributed by atoms with van der Waals surface area (Å²) in [5.41, 5.74) is 2.43. The second kappa shape index (κ2) is 6.29. The van der Waals surface area contributed by atoms with Crippen LogP contribution in [0.5, 0.6) is 0 Å². The van der Waals surface area contributed by atoms with Crippen LogP contribution in [0.2, 0.25) is 0 Å². The lowest BCUT2D eigenvalue weighted by Gasteiger charge is -2.10. The third-order valence-electron chi connectivity index (χ3n) is 4.37. The van der Waals surface area contributed by atoms with Gasteiger partial charge in [0.1, 0.15) is 0 Å². The molecule has 1 amide bonds. The zero-order chi connectivity index (χ0) is 14.7. The van der Waals surface area contributed by atoms with Crippen molar-refractivity contribution in [2.24, 2.45) is 5.92 Å². The maximum Gasteiger partial charge on any atom is 0.223 e. The van der Waals surface area contributed by atoms with Gasteiger partial charge in [0.2, 0.25) is 5.91 Å². The number of aromatic nitrogens is 2. The zero-order valence-electron chi connectivity index (χ0n) is 12.6. The van der Waals surface area contributed by atoms with Gasteiger partial charge in [0.25, 0.3) is 0 Å². The molecule has 0 radical (unpaired) electrons. The Morgan fingerprint density at radius 2 is 2.19 bits per heavy atom. The van der Waals surface area contributed by atoms with Gasteiger partial charge in [-0.05, 0) is 37.8 Å². The molecule has 1 saturated carbocycles. The molecule has 1 aromatic heterocycles. The Labute approximate surface area is 125 Å². The number of carbonyl (C=O) groups is 1. The number of benzene rings is 1. The van der Waals surface area contributed by atoms with Gasteiger partial charge in [-0.1, -0.05) is 25.0 Å². The molecule has 1 aliphatic rings. The number of rotatable bonds is 5. The van der Waals surface area contributed by atoms with Gasteiger partial charge in [0.05, 0.1) is 11.7 Å². The summed E-state index contributed by atoms with van der Waals surface area (Å²) < 4.78 is 2.03. The van der Waals surface area contributed by atoms with E-state index in [4.69, 9.17) is 0 Å². The van der Waals surface area contributed by atoms with Gasteiger partial charge in [-0.3, -0.25) is 9.48 Å². The Morgan fingerprint density at radius 3 is 3.00 bits per heavy atom. The van der Waals surface area contributed by atoms with E-state index < -0.39 is 0 Å². The molecular formula is C17H23N3O. The highest BCUT2D eigenvalue weighted by atomic mass is 16.1. The molecule has 4 nitrogen and oxygen atoms in total. The van der Waals surface area contributed by atoms with E-state index in [9.17, 15) is 4.79 Å². The lowest BCUT2D eigenvalue weighted by molar-refractivity contribution is -0.124. The van der Waals surface area contributed by atoms with E-state index in [0.29, 0.717) is 0 Å². The van der Waals surface area contributed by atoms with Crippen LogP contribution in [0.1, 0.15) is 37.7 Å². The molecule has 0 saturated heterocycles. The highest BCUT2D eigenvalue weighted by Crippen LogP contribution is 2.24. The van der Waals surface area contributed by atoms with Crippen molar-refractivity contribution in [3.8, 4) is 0 Å². The van der Waals surface area contributed by atoms with E-state index >= 15 is 0 Å². The fraction of sp³-hybridized carbons (Fsp3) is 0.529. The number of nitrogens with one attached hydrogen (secondary N) is 1. The van der Waals surface area contributed by atoms with Crippen LogP contribution in [-0.4, -0.2) is 22.2 Å². The number of amides is 1. The first-order chi connectivity index (χ1) is 10.2. The molecule has 0 aliphatic heterocycles. The summed E-state index contributed by atoms with van der Waals surface area (Å²) in [5.74, 6) is 0.506. The van der Waals surface area contributed by atoms with E-state index in [1.54, 1.807) is 0 Å². The van der Waals surface area contributed by atoms with Crippen molar-refractivity contribution in [1.29, 1.82) is 0 Å². The third-order valence-corrected chi connectivity index (χ3v) is 4.37. The summed E-state index contributed by atoms with van der Waals surface area (Å²) in [4.78, 5) is 11.9. The molecule has 1 aromatic carbocycles. The lowest BCUT2D eigenvalue weighted by Crippen LogP contribution is -2.30. The molecule has 0 unspecified atom stereocenters. The van der Waals surface area contributed by atoms with E-state index in [0.717, 1.165) is 32.4 Å². The molecule has 21 heavy (non-hydrogen) atoms. The minimum atomic E-state index is 0.244. The smallest absolute Gasteiger partial charge is 0.223 e. The van der Waals surface area contributed by atoms with Gasteiger partial charge < -0.3 is 5.32 Å². The standard InChI is InChI=1S/C17H23N3O/c1-13-7-8-15-12-19-20(16(15)11-13)10-4-9-18-17(21)14-5-2-3-6-14/h7-8,11-12,14H,2-6,9-10H2,1H3,(H,18,21). The number of aryl methyl sites for hydroxylation is 2. The Balaban J connectivity index is 1.50. The van der Waals surface area contributed by atoms with Crippen LogP contribution >= 0.6 is 0 Å². The van der Waals surface area contributed by atoms with Crippen molar-refractivity contribution in [2.45, 2.75) is 45.6 Å². The number of hydrogen-bond donors (Lipinski definition) is 1. The Morgan fingerprint density at radius 1 is 1.38 bits per heavy atom. The monoisotopic (exact) mass is 285 g/mol. The van der Waals surface area contributed by atoms with Crippen LogP contribution in [0.15, 0.2) is 24.4 Å². The fourth-order valence-electron chi connectivity index (χ4n) is 3.13. The summed E-state index contributed by atoms with van der Waals surface area (Å²) in [6, 6.07) is 6.38. The van der Waals surface area contributed by atoms with Crippen molar-refractivity contribution in [3.05, 3.63) is 30.0 Å². The Hall–Kier alpha value is -1.84. The second-order valence-electron chi connectivity index (χ2n) is 6.06. The first-order valence-electron chi connectivity index (χ1n) is 7.94. The predicted molar refractivity (Wildman–Crippen MR) is 84.1 cm³/mol. The van der Waals surface area contributed by atoms with Gasteiger partial charge in [0.15, 0.2) is 0 Å². The molecule has 1 heterocycles. The minimum absolute atomic E-state index is 0.244. The van der Waals surface area contributed by atoms with Crippen LogP contribution in [0.4, 0.5) is 0 Å². The first kappa shape index (κ1) is 14.1. The largest absolute Gasteiger partial charge is 0.356 e. The summed E-state index contributed by atoms with van der Waals surface area (Å²) in [6.07, 6.45) is 7.37. The molecule has 1 fully saturated rings. The molecular weight excluding hydrogens is 262 g/mol. The van der Waals surface area contributed by atoms with Gasteiger partial charge in [-0.25, -0.2) is 0 Å². The van der Waals surface area contributed by atoms with Gasteiger partial charge in [0, 0.05) is 24.4 Å². The summed E-state index contributed by atoms with van der Waals surface area (Å²) in [7, 11) is 0. The number of hydrogen-bond acceptors (Lipinski definition) is 2. The molecule has 4 heteroatoms. The molecule has 112 valence electrons. The minimum Gasteiger partial charge on any atom is -0.356 e. The van der Waals surface area contributed by atoms with Gasteiger partial charge >= 0.3 is 0 Å². The number of nitrogens with zero attached hydrogens (tertiary/aromatic N) is 2. The first-order valence-corrected chi connectivity index (χ1v) is 7.94. The normalized spacial score (nSPS) is 15.7. The van der Waals surface area contributed by atoms with Crippen molar-refractivity contribution >= 4 is 16.8 Å². The maximum atomic E-state index is 11.9. The average Bonchev–Trinajstić information content (AvgIpc) is 3.13. The lowest BCUT2D eigenvalue weighted by atomic mass is 10.1. The van der Waals surface area contributed by atoms with Crippen LogP contribution in [-0.2, 0) is 11.3 Å². The van der Waals surface area contributed by atoms with E-state index in [2.05, 4.69) is 35.5 Å². The quantitative estimate of drug-likeness (QED) is 0.858. The molecule has 1 aliphatic carbocycles. The molecule has 3 rings (SSSR count). The SMILES string of the molecule is Cc1ccc2cnn(CCCNC(=O)C3CCCC3)c2c1. The average molecular weight is 285 g/mol. The van der Waals surface area contributed by atoms with Crippen molar-refractivity contribution in [1.82, 2.24) is 15.1 Å². The summed E-state index contributed by atoms with van der Waals surface area (Å²) in [5, 5.41) is 8.68. The van der Waals surface area contributed by atoms with E-state index in [-0.39, 0.29) is 11.8 Å². The van der Waals surface area contributed by atoms with Crippen LogP contribution in [0, 0.1) is 12.8 Å². The Bertz CT molecular complexity index is 626. The van der Waals surface area contributed by atoms with Gasteiger partial charge in [-0.2, -0.15) is 5.10 Å². The molecule has 0 atom stereocenters. The maximum absolute atomic E-state index is 11.9. The van der Waals surface area contributed by atoms with E-state index in [1.807, 2.05) is 10.9 Å². The third kappa shape index (κ3) is 3.26. The van der Waals surface area contributed by atoms with Gasteiger partial charge in [-0.15, -0.1) is 0 Å². The summed E-state index contributed by atoms with van der Waals surface area (Å²) in [6.45, 7) is 3.68. The van der Waals surface area contributed by atoms with Crippen LogP contribution in [0.25, 0.3) is 10.9 Å². The topological polar surface area (TPSA) is 46.9 Å². The molecule has 1 N–H and O–H groups in total. The van der Waals surface area contributed by atoms with E-state index in [1.165, 1.54) is 29.3 Å². The summed E-state index contributed by atoms with van der Waals surface area (Å²) >= 11 is 0. The zero-order valence-corrected chi connectivity index (χ0v) is 12.6. The van der Waals surface area contributed by atoms with Crippen molar-refractivity contribution in [2.75, 3.05) is 6.54 Å².